The molecule has 7 heteroatoms. The van der Waals surface area contributed by atoms with Crippen LogP contribution in [0.4, 0.5) is 5.82 Å². The maximum atomic E-state index is 12.8. The number of ether oxygens (including phenoxy) is 1. The number of aryl methyl sites for hydroxylation is 2. The molecule has 1 aliphatic rings. The summed E-state index contributed by atoms with van der Waals surface area (Å²) in [6.07, 6.45) is 3.14. The highest BCUT2D eigenvalue weighted by Crippen LogP contribution is 2.27. The van der Waals surface area contributed by atoms with Crippen LogP contribution in [-0.4, -0.2) is 54.2 Å². The maximum Gasteiger partial charge on any atom is 0.259 e. The highest BCUT2D eigenvalue weighted by Gasteiger charge is 2.32. The number of carbonyl (C=O) groups excluding carboxylic acids is 1. The van der Waals surface area contributed by atoms with Crippen molar-refractivity contribution in [3.05, 3.63) is 35.3 Å². The third kappa shape index (κ3) is 3.45. The predicted molar refractivity (Wildman–Crippen MR) is 94.1 cm³/mol. The van der Waals surface area contributed by atoms with E-state index in [9.17, 15) is 4.79 Å². The number of amides is 1. The molecule has 134 valence electrons. The largest absolute Gasteiger partial charge is 0.485 e. The van der Waals surface area contributed by atoms with Crippen LogP contribution in [0.3, 0.4) is 0 Å². The molecule has 0 radical (unpaired) electrons. The van der Waals surface area contributed by atoms with Gasteiger partial charge in [-0.3, -0.25) is 4.79 Å². The Morgan fingerprint density at radius 2 is 2.28 bits per heavy atom. The SMILES string of the molecule is CCc1onc(C)c1C(=O)N1CCC(Oc2cccnc2N(C)C)C1. The van der Waals surface area contributed by atoms with Gasteiger partial charge in [-0.15, -0.1) is 0 Å². The number of hydrogen-bond donors (Lipinski definition) is 0. The Labute approximate surface area is 147 Å². The van der Waals surface area contributed by atoms with E-state index in [0.717, 1.165) is 18.0 Å². The van der Waals surface area contributed by atoms with Gasteiger partial charge in [0.05, 0.1) is 12.2 Å². The molecule has 2 aromatic rings. The summed E-state index contributed by atoms with van der Waals surface area (Å²) in [4.78, 5) is 20.9. The summed E-state index contributed by atoms with van der Waals surface area (Å²) in [5.74, 6) is 2.15. The van der Waals surface area contributed by atoms with Crippen LogP contribution < -0.4 is 9.64 Å². The number of carbonyl (C=O) groups is 1. The van der Waals surface area contributed by atoms with E-state index in [4.69, 9.17) is 9.26 Å². The molecule has 0 aliphatic carbocycles. The summed E-state index contributed by atoms with van der Waals surface area (Å²) in [7, 11) is 3.86. The number of pyridine rings is 1. The van der Waals surface area contributed by atoms with E-state index in [1.54, 1.807) is 13.1 Å². The standard InChI is InChI=1S/C18H24N4O3/c1-5-14-16(12(2)20-25-14)18(23)22-10-8-13(11-22)24-15-7-6-9-19-17(15)21(3)4/h6-7,9,13H,5,8,10-11H2,1-4H3. The van der Waals surface area contributed by atoms with Gasteiger partial charge in [0.2, 0.25) is 0 Å². The second-order valence-corrected chi connectivity index (χ2v) is 6.42. The highest BCUT2D eigenvalue weighted by atomic mass is 16.5. The van der Waals surface area contributed by atoms with Gasteiger partial charge in [-0.05, 0) is 19.1 Å². The molecule has 25 heavy (non-hydrogen) atoms. The summed E-state index contributed by atoms with van der Waals surface area (Å²) in [6.45, 7) is 4.97. The van der Waals surface area contributed by atoms with Gasteiger partial charge in [-0.25, -0.2) is 4.98 Å². The van der Waals surface area contributed by atoms with Crippen molar-refractivity contribution in [1.29, 1.82) is 0 Å². The number of aromatic nitrogens is 2. The van der Waals surface area contributed by atoms with Crippen LogP contribution in [-0.2, 0) is 6.42 Å². The zero-order valence-corrected chi connectivity index (χ0v) is 15.2. The molecule has 0 saturated carbocycles. The van der Waals surface area contributed by atoms with Crippen LogP contribution in [0.25, 0.3) is 0 Å². The lowest BCUT2D eigenvalue weighted by Crippen LogP contribution is -2.31. The summed E-state index contributed by atoms with van der Waals surface area (Å²) in [5, 5.41) is 3.93. The Hall–Kier alpha value is -2.57. The predicted octanol–water partition coefficient (Wildman–Crippen LogP) is 2.30. The molecule has 1 saturated heterocycles. The third-order valence-electron chi connectivity index (χ3n) is 4.37. The lowest BCUT2D eigenvalue weighted by Gasteiger charge is -2.20. The van der Waals surface area contributed by atoms with Gasteiger partial charge in [0.1, 0.15) is 17.4 Å². The first-order valence-electron chi connectivity index (χ1n) is 8.54. The Kier molecular flexibility index (Phi) is 4.92. The van der Waals surface area contributed by atoms with Gasteiger partial charge >= 0.3 is 0 Å². The van der Waals surface area contributed by atoms with Crippen molar-refractivity contribution in [3.8, 4) is 5.75 Å². The molecule has 0 N–H and O–H groups in total. The second kappa shape index (κ2) is 7.13. The minimum atomic E-state index is -0.0444. The molecule has 3 rings (SSSR count). The average Bonchev–Trinajstić information content (AvgIpc) is 3.21. The van der Waals surface area contributed by atoms with Crippen molar-refractivity contribution >= 4 is 11.7 Å². The minimum Gasteiger partial charge on any atom is -0.485 e. The Morgan fingerprint density at radius 1 is 1.48 bits per heavy atom. The van der Waals surface area contributed by atoms with Crippen molar-refractivity contribution in [2.45, 2.75) is 32.8 Å². The van der Waals surface area contributed by atoms with Gasteiger partial charge in [0, 0.05) is 39.7 Å². The van der Waals surface area contributed by atoms with Crippen LogP contribution in [0.5, 0.6) is 5.75 Å². The molecule has 2 aromatic heterocycles. The van der Waals surface area contributed by atoms with E-state index in [0.29, 0.717) is 36.5 Å². The van der Waals surface area contributed by atoms with Gasteiger partial charge < -0.3 is 19.1 Å². The van der Waals surface area contributed by atoms with E-state index in [2.05, 4.69) is 10.1 Å². The van der Waals surface area contributed by atoms with Crippen LogP contribution in [0.15, 0.2) is 22.9 Å². The van der Waals surface area contributed by atoms with Crippen molar-refractivity contribution in [1.82, 2.24) is 15.0 Å². The molecule has 1 unspecified atom stereocenters. The number of anilines is 1. The fourth-order valence-corrected chi connectivity index (χ4v) is 3.09. The summed E-state index contributed by atoms with van der Waals surface area (Å²) in [6, 6.07) is 3.76. The number of rotatable bonds is 5. The Morgan fingerprint density at radius 3 is 3.00 bits per heavy atom. The highest BCUT2D eigenvalue weighted by molar-refractivity contribution is 5.96. The molecule has 3 heterocycles. The maximum absolute atomic E-state index is 12.8. The monoisotopic (exact) mass is 344 g/mol. The fourth-order valence-electron chi connectivity index (χ4n) is 3.09. The molecule has 1 atom stereocenters. The van der Waals surface area contributed by atoms with E-state index in [-0.39, 0.29) is 12.0 Å². The molecular formula is C18H24N4O3. The second-order valence-electron chi connectivity index (χ2n) is 6.42. The van der Waals surface area contributed by atoms with Crippen molar-refractivity contribution < 1.29 is 14.1 Å². The van der Waals surface area contributed by atoms with Crippen LogP contribution in [0.1, 0.15) is 35.2 Å². The number of nitrogens with zero attached hydrogens (tertiary/aromatic N) is 4. The molecule has 0 aromatic carbocycles. The molecule has 1 aliphatic heterocycles. The molecular weight excluding hydrogens is 320 g/mol. The van der Waals surface area contributed by atoms with Crippen molar-refractivity contribution in [2.75, 3.05) is 32.1 Å². The van der Waals surface area contributed by atoms with Crippen LogP contribution in [0, 0.1) is 6.92 Å². The quantitative estimate of drug-likeness (QED) is 0.829. The van der Waals surface area contributed by atoms with E-state index >= 15 is 0 Å². The molecule has 0 spiro atoms. The first-order valence-corrected chi connectivity index (χ1v) is 8.54. The summed E-state index contributed by atoms with van der Waals surface area (Å²) < 4.78 is 11.4. The summed E-state index contributed by atoms with van der Waals surface area (Å²) >= 11 is 0. The van der Waals surface area contributed by atoms with E-state index in [1.165, 1.54) is 0 Å². The zero-order valence-electron chi connectivity index (χ0n) is 15.2. The van der Waals surface area contributed by atoms with Crippen molar-refractivity contribution in [2.24, 2.45) is 0 Å². The molecule has 0 bridgehead atoms. The van der Waals surface area contributed by atoms with Gasteiger partial charge in [-0.2, -0.15) is 0 Å². The topological polar surface area (TPSA) is 71.7 Å². The third-order valence-corrected chi connectivity index (χ3v) is 4.37. The Bertz CT molecular complexity index is 757. The lowest BCUT2D eigenvalue weighted by atomic mass is 10.1. The lowest BCUT2D eigenvalue weighted by molar-refractivity contribution is 0.0769. The Balaban J connectivity index is 1.70. The zero-order chi connectivity index (χ0) is 18.0. The van der Waals surface area contributed by atoms with E-state index < -0.39 is 0 Å². The molecule has 1 fully saturated rings. The number of hydrogen-bond acceptors (Lipinski definition) is 6. The van der Waals surface area contributed by atoms with Gasteiger partial charge in [-0.1, -0.05) is 12.1 Å². The molecule has 7 nitrogen and oxygen atoms in total. The van der Waals surface area contributed by atoms with Gasteiger partial charge in [0.25, 0.3) is 5.91 Å². The summed E-state index contributed by atoms with van der Waals surface area (Å²) in [5.41, 5.74) is 1.24. The minimum absolute atomic E-state index is 0.0271. The van der Waals surface area contributed by atoms with Crippen molar-refractivity contribution in [3.63, 3.8) is 0 Å². The first-order chi connectivity index (χ1) is 12.0. The number of likely N-dealkylation sites (tertiary alicyclic amines) is 1. The van der Waals surface area contributed by atoms with Gasteiger partial charge in [0.15, 0.2) is 11.6 Å². The normalized spacial score (nSPS) is 17.0. The first kappa shape index (κ1) is 17.3. The fraction of sp³-hybridized carbons (Fsp3) is 0.500. The van der Waals surface area contributed by atoms with E-state index in [1.807, 2.05) is 43.0 Å². The van der Waals surface area contributed by atoms with Crippen LogP contribution in [0.2, 0.25) is 0 Å². The molecule has 1 amide bonds. The average molecular weight is 344 g/mol. The smallest absolute Gasteiger partial charge is 0.259 e. The van der Waals surface area contributed by atoms with Crippen LogP contribution >= 0.6 is 0 Å².